The van der Waals surface area contributed by atoms with Crippen molar-refractivity contribution in [2.75, 3.05) is 13.6 Å². The zero-order valence-corrected chi connectivity index (χ0v) is 14.0. The predicted molar refractivity (Wildman–Crippen MR) is 85.7 cm³/mol. The fourth-order valence-electron chi connectivity index (χ4n) is 2.71. The highest BCUT2D eigenvalue weighted by Gasteiger charge is 2.60. The number of nitrogens with zero attached hydrogens (tertiary/aromatic N) is 1. The summed E-state index contributed by atoms with van der Waals surface area (Å²) < 4.78 is 41.3. The molecule has 0 aromatic heterocycles. The first-order chi connectivity index (χ1) is 10.6. The van der Waals surface area contributed by atoms with Crippen LogP contribution in [0, 0.1) is 0 Å². The monoisotopic (exact) mass is 365 g/mol. The molecule has 1 aliphatic rings. The van der Waals surface area contributed by atoms with Gasteiger partial charge in [-0.15, -0.1) is 0 Å². The number of hydrogen-bond acceptors (Lipinski definition) is 2. The van der Waals surface area contributed by atoms with Crippen molar-refractivity contribution in [1.82, 2.24) is 4.90 Å². The summed E-state index contributed by atoms with van der Waals surface area (Å²) in [6.45, 7) is 1.28. The number of alkyl halides is 3. The predicted octanol–water partition coefficient (Wildman–Crippen LogP) is 4.78. The minimum atomic E-state index is -4.85. The summed E-state index contributed by atoms with van der Waals surface area (Å²) in [5.74, 6) is -1.29. The van der Waals surface area contributed by atoms with Gasteiger partial charge in [-0.3, -0.25) is 0 Å². The second kappa shape index (κ2) is 6.38. The molecule has 2 unspecified atom stereocenters. The van der Waals surface area contributed by atoms with E-state index in [9.17, 15) is 18.3 Å². The summed E-state index contributed by atoms with van der Waals surface area (Å²) in [4.78, 5) is 1.57. The van der Waals surface area contributed by atoms with Crippen LogP contribution in [0.4, 0.5) is 13.2 Å². The van der Waals surface area contributed by atoms with E-state index in [0.717, 1.165) is 0 Å². The van der Waals surface area contributed by atoms with Crippen LogP contribution in [0.15, 0.2) is 42.1 Å². The Labute approximate surface area is 142 Å². The third-order valence-corrected chi connectivity index (χ3v) is 4.60. The van der Waals surface area contributed by atoms with Crippen LogP contribution in [0.3, 0.4) is 0 Å². The molecule has 23 heavy (non-hydrogen) atoms. The molecule has 0 bridgehead atoms. The van der Waals surface area contributed by atoms with Gasteiger partial charge in [0.15, 0.2) is 5.60 Å². The minimum Gasteiger partial charge on any atom is -0.376 e. The molecule has 1 heterocycles. The largest absolute Gasteiger partial charge is 0.421 e. The third kappa shape index (κ3) is 3.37. The van der Waals surface area contributed by atoms with Crippen LogP contribution in [0.2, 0.25) is 10.0 Å². The molecule has 126 valence electrons. The first-order valence-electron chi connectivity index (χ1n) is 6.89. The lowest BCUT2D eigenvalue weighted by Crippen LogP contribution is -2.53. The van der Waals surface area contributed by atoms with Crippen LogP contribution in [0.5, 0.6) is 0 Å². The Morgan fingerprint density at radius 1 is 1.26 bits per heavy atom. The molecule has 2 rings (SSSR count). The lowest BCUT2D eigenvalue weighted by Gasteiger charge is -2.40. The Kier molecular flexibility index (Phi) is 5.04. The molecule has 2 atom stereocenters. The zero-order valence-electron chi connectivity index (χ0n) is 12.5. The van der Waals surface area contributed by atoms with Crippen LogP contribution in [0.1, 0.15) is 18.4 Å². The summed E-state index contributed by atoms with van der Waals surface area (Å²) >= 11 is 11.8. The molecule has 1 aromatic carbocycles. The van der Waals surface area contributed by atoms with Gasteiger partial charge in [0.2, 0.25) is 0 Å². The van der Waals surface area contributed by atoms with E-state index in [1.165, 1.54) is 37.3 Å². The van der Waals surface area contributed by atoms with E-state index in [4.69, 9.17) is 23.2 Å². The lowest BCUT2D eigenvalue weighted by atomic mass is 9.76. The summed E-state index contributed by atoms with van der Waals surface area (Å²) in [6.07, 6.45) is -0.437. The fraction of sp³-hybridized carbons (Fsp3) is 0.375. The van der Waals surface area contributed by atoms with E-state index in [1.807, 2.05) is 0 Å². The number of aliphatic hydroxyl groups is 1. The molecule has 0 saturated carbocycles. The Morgan fingerprint density at radius 3 is 2.43 bits per heavy atom. The highest BCUT2D eigenvalue weighted by atomic mass is 35.5. The summed E-state index contributed by atoms with van der Waals surface area (Å²) in [5, 5.41) is 11.1. The van der Waals surface area contributed by atoms with E-state index < -0.39 is 17.7 Å². The van der Waals surface area contributed by atoms with Gasteiger partial charge in [0.05, 0.1) is 0 Å². The lowest BCUT2D eigenvalue weighted by molar-refractivity contribution is -0.252. The molecular formula is C16H16Cl2F3NO. The molecule has 1 aromatic rings. The molecule has 0 saturated heterocycles. The van der Waals surface area contributed by atoms with Crippen molar-refractivity contribution >= 4 is 23.2 Å². The van der Waals surface area contributed by atoms with Gasteiger partial charge in [-0.2, -0.15) is 13.2 Å². The normalized spacial score (nSPS) is 19.3. The molecule has 0 fully saturated rings. The Balaban J connectivity index is 2.54. The number of likely N-dealkylation sites (N-methyl/N-ethyl adjacent to an activating group) is 1. The van der Waals surface area contributed by atoms with Gasteiger partial charge < -0.3 is 10.0 Å². The molecule has 1 N–H and O–H groups in total. The number of halogens is 5. The Bertz CT molecular complexity index is 657. The molecule has 1 aliphatic heterocycles. The smallest absolute Gasteiger partial charge is 0.376 e. The fourth-order valence-corrected chi connectivity index (χ4v) is 3.28. The topological polar surface area (TPSA) is 23.5 Å². The molecular weight excluding hydrogens is 350 g/mol. The van der Waals surface area contributed by atoms with E-state index in [2.05, 4.69) is 0 Å². The van der Waals surface area contributed by atoms with Crippen LogP contribution >= 0.6 is 23.2 Å². The van der Waals surface area contributed by atoms with Gasteiger partial charge in [-0.1, -0.05) is 42.3 Å². The summed E-state index contributed by atoms with van der Waals surface area (Å²) in [7, 11) is 1.64. The number of benzene rings is 1. The maximum Gasteiger partial charge on any atom is 0.421 e. The number of allylic oxidation sites excluding steroid dienone is 2. The molecule has 0 aliphatic carbocycles. The number of hydrogen-bond donors (Lipinski definition) is 1. The second-order valence-corrected chi connectivity index (χ2v) is 6.44. The van der Waals surface area contributed by atoms with Crippen molar-refractivity contribution in [3.05, 3.63) is 57.7 Å². The highest BCUT2D eigenvalue weighted by Crippen LogP contribution is 2.48. The van der Waals surface area contributed by atoms with Crippen LogP contribution in [-0.2, 0) is 0 Å². The van der Waals surface area contributed by atoms with E-state index in [0.29, 0.717) is 5.02 Å². The van der Waals surface area contributed by atoms with Crippen molar-refractivity contribution in [1.29, 1.82) is 0 Å². The van der Waals surface area contributed by atoms with Crippen molar-refractivity contribution in [3.63, 3.8) is 0 Å². The molecule has 0 amide bonds. The van der Waals surface area contributed by atoms with Crippen LogP contribution in [0.25, 0.3) is 0 Å². The molecule has 7 heteroatoms. The van der Waals surface area contributed by atoms with E-state index in [-0.39, 0.29) is 22.7 Å². The van der Waals surface area contributed by atoms with Gasteiger partial charge in [0, 0.05) is 29.6 Å². The van der Waals surface area contributed by atoms with Gasteiger partial charge in [0.1, 0.15) is 0 Å². The highest BCUT2D eigenvalue weighted by molar-refractivity contribution is 6.35. The van der Waals surface area contributed by atoms with Gasteiger partial charge in [-0.05, 0) is 35.5 Å². The second-order valence-electron chi connectivity index (χ2n) is 5.60. The number of rotatable bonds is 3. The van der Waals surface area contributed by atoms with Crippen molar-refractivity contribution in [2.45, 2.75) is 24.6 Å². The van der Waals surface area contributed by atoms with Gasteiger partial charge in [0.25, 0.3) is 0 Å². The SMILES string of the molecule is CC(c1ccc(Cl)cc1Cl)C(O)(C1=CC=CN(C)C1)C(F)(F)F. The Morgan fingerprint density at radius 2 is 1.91 bits per heavy atom. The van der Waals surface area contributed by atoms with Gasteiger partial charge in [-0.25, -0.2) is 0 Å². The average molecular weight is 366 g/mol. The maximum absolute atomic E-state index is 13.8. The first kappa shape index (κ1) is 18.2. The van der Waals surface area contributed by atoms with Crippen molar-refractivity contribution in [3.8, 4) is 0 Å². The maximum atomic E-state index is 13.8. The van der Waals surface area contributed by atoms with Crippen LogP contribution < -0.4 is 0 Å². The van der Waals surface area contributed by atoms with Crippen LogP contribution in [-0.4, -0.2) is 35.4 Å². The average Bonchev–Trinajstić information content (AvgIpc) is 2.44. The summed E-state index contributed by atoms with van der Waals surface area (Å²) in [6, 6.07) is 4.24. The van der Waals surface area contributed by atoms with Gasteiger partial charge >= 0.3 is 6.18 Å². The third-order valence-electron chi connectivity index (χ3n) is 4.04. The van der Waals surface area contributed by atoms with E-state index >= 15 is 0 Å². The molecule has 0 radical (unpaired) electrons. The van der Waals surface area contributed by atoms with E-state index in [1.54, 1.807) is 18.1 Å². The van der Waals surface area contributed by atoms with Crippen molar-refractivity contribution < 1.29 is 18.3 Å². The molecule has 2 nitrogen and oxygen atoms in total. The summed E-state index contributed by atoms with van der Waals surface area (Å²) in [5.41, 5.74) is -2.97. The van der Waals surface area contributed by atoms with Crippen molar-refractivity contribution in [2.24, 2.45) is 0 Å². The molecule has 0 spiro atoms. The first-order valence-corrected chi connectivity index (χ1v) is 7.65. The quantitative estimate of drug-likeness (QED) is 0.833. The Hall–Kier alpha value is -1.17. The standard InChI is InChI=1S/C16H16Cl2F3NO/c1-10(13-6-5-12(17)8-14(13)18)15(23,16(19,20)21)11-4-3-7-22(2)9-11/h3-8,10,23H,9H2,1-2H3. The minimum absolute atomic E-state index is 0.0257. The zero-order chi connectivity index (χ0) is 17.4.